The molecule has 0 aromatic carbocycles. The minimum absolute atomic E-state index is 0. The van der Waals surface area contributed by atoms with Crippen LogP contribution in [0.1, 0.15) is 71.1 Å². The average Bonchev–Trinajstić information content (AvgIpc) is 2.24. The lowest BCUT2D eigenvalue weighted by Gasteiger charge is -2.02. The molecular weight excluding hydrogens is 250 g/mol. The monoisotopic (exact) mass is 281 g/mol. The first-order valence-corrected chi connectivity index (χ1v) is 8.72. The van der Waals surface area contributed by atoms with Crippen molar-refractivity contribution in [1.82, 2.24) is 6.15 Å². The number of unbranched alkanes of at least 4 members (excludes halogenated alkanes) is 9. The Labute approximate surface area is 113 Å². The lowest BCUT2D eigenvalue weighted by Crippen LogP contribution is -2.03. The van der Waals surface area contributed by atoms with Crippen molar-refractivity contribution in [3.05, 3.63) is 0 Å². The summed E-state index contributed by atoms with van der Waals surface area (Å²) in [6, 6.07) is 0. The third-order valence-corrected chi connectivity index (χ3v) is 3.39. The van der Waals surface area contributed by atoms with Crippen LogP contribution in [-0.4, -0.2) is 21.3 Å². The summed E-state index contributed by atoms with van der Waals surface area (Å²) in [5, 5.41) is 0. The highest BCUT2D eigenvalue weighted by atomic mass is 32.2. The van der Waals surface area contributed by atoms with Crippen molar-refractivity contribution in [2.24, 2.45) is 0 Å². The van der Waals surface area contributed by atoms with Gasteiger partial charge in [0.2, 0.25) is 0 Å². The molecule has 0 atom stereocenters. The highest BCUT2D eigenvalue weighted by Gasteiger charge is 2.00. The molecule has 0 saturated heterocycles. The quantitative estimate of drug-likeness (QED) is 0.432. The Morgan fingerprint density at radius 3 is 1.56 bits per heavy atom. The van der Waals surface area contributed by atoms with E-state index in [0.717, 1.165) is 19.1 Å². The van der Waals surface area contributed by atoms with Crippen molar-refractivity contribution in [3.63, 3.8) is 0 Å². The summed E-state index contributed by atoms with van der Waals surface area (Å²) < 4.78 is 26.0. The number of hydrogen-bond donors (Lipinski definition) is 1. The zero-order chi connectivity index (χ0) is 13.0. The van der Waals surface area contributed by atoms with Gasteiger partial charge in [0, 0.05) is 0 Å². The molecule has 5 heteroatoms. The zero-order valence-electron chi connectivity index (χ0n) is 12.1. The summed E-state index contributed by atoms with van der Waals surface area (Å²) in [5.41, 5.74) is 0. The van der Waals surface area contributed by atoms with E-state index in [2.05, 4.69) is 11.1 Å². The summed E-state index contributed by atoms with van der Waals surface area (Å²) in [6.45, 7) is 2.58. The van der Waals surface area contributed by atoms with Gasteiger partial charge in [-0.3, -0.25) is 4.18 Å². The van der Waals surface area contributed by atoms with Crippen LogP contribution in [0, 0.1) is 0 Å². The second-order valence-electron chi connectivity index (χ2n) is 4.71. The summed E-state index contributed by atoms with van der Waals surface area (Å²) in [5.74, 6) is 0. The molecule has 0 bridgehead atoms. The Kier molecular flexibility index (Phi) is 14.9. The van der Waals surface area contributed by atoms with Crippen LogP contribution in [0.15, 0.2) is 0 Å². The first-order chi connectivity index (χ1) is 8.06. The first kappa shape index (κ1) is 20.2. The van der Waals surface area contributed by atoms with E-state index >= 15 is 0 Å². The maximum Gasteiger partial charge on any atom is 0.264 e. The Hall–Kier alpha value is -0.130. The fraction of sp³-hybridized carbons (Fsp3) is 1.00. The summed E-state index contributed by atoms with van der Waals surface area (Å²) in [6.07, 6.45) is 13.6. The predicted octanol–water partition coefficient (Wildman–Crippen LogP) is 4.05. The molecule has 0 aliphatic heterocycles. The molecule has 0 heterocycles. The van der Waals surface area contributed by atoms with Crippen LogP contribution >= 0.6 is 0 Å². The molecule has 0 unspecified atom stereocenters. The van der Waals surface area contributed by atoms with Crippen molar-refractivity contribution < 1.29 is 12.6 Å². The summed E-state index contributed by atoms with van der Waals surface area (Å²) >= 11 is 0. The third-order valence-electron chi connectivity index (χ3n) is 2.80. The zero-order valence-corrected chi connectivity index (χ0v) is 12.9. The van der Waals surface area contributed by atoms with Crippen LogP contribution in [0.3, 0.4) is 0 Å². The highest BCUT2D eigenvalue weighted by Crippen LogP contribution is 2.10. The van der Waals surface area contributed by atoms with Gasteiger partial charge in [0.1, 0.15) is 0 Å². The molecule has 0 fully saturated rings. The van der Waals surface area contributed by atoms with Crippen LogP contribution < -0.4 is 6.15 Å². The van der Waals surface area contributed by atoms with E-state index in [1.807, 2.05) is 0 Å². The molecule has 0 rings (SSSR count). The van der Waals surface area contributed by atoms with Gasteiger partial charge in [-0.25, -0.2) is 0 Å². The molecule has 0 aliphatic rings. The van der Waals surface area contributed by atoms with Crippen molar-refractivity contribution in [3.8, 4) is 0 Å². The standard InChI is InChI=1S/C13H28O3S.H3N/c1-3-4-5-6-7-8-9-10-11-12-13-16-17(2,14)15;/h3-13H2,1-2H3;1H3. The van der Waals surface area contributed by atoms with Crippen LogP contribution in [0.5, 0.6) is 0 Å². The topological polar surface area (TPSA) is 78.4 Å². The molecule has 0 spiro atoms. The van der Waals surface area contributed by atoms with Crippen molar-refractivity contribution >= 4 is 10.1 Å². The predicted molar refractivity (Wildman–Crippen MR) is 77.7 cm³/mol. The van der Waals surface area contributed by atoms with Gasteiger partial charge >= 0.3 is 0 Å². The van der Waals surface area contributed by atoms with Crippen molar-refractivity contribution in [1.29, 1.82) is 0 Å². The van der Waals surface area contributed by atoms with E-state index < -0.39 is 10.1 Å². The van der Waals surface area contributed by atoms with Gasteiger partial charge < -0.3 is 6.15 Å². The fourth-order valence-electron chi connectivity index (χ4n) is 1.80. The van der Waals surface area contributed by atoms with E-state index in [0.29, 0.717) is 6.61 Å². The maximum absolute atomic E-state index is 10.7. The van der Waals surface area contributed by atoms with Crippen LogP contribution in [-0.2, 0) is 14.3 Å². The first-order valence-electron chi connectivity index (χ1n) is 6.90. The van der Waals surface area contributed by atoms with Gasteiger partial charge in [-0.1, -0.05) is 64.7 Å². The molecule has 0 aliphatic carbocycles. The van der Waals surface area contributed by atoms with Crippen LogP contribution in [0.2, 0.25) is 0 Å². The minimum Gasteiger partial charge on any atom is -0.344 e. The van der Waals surface area contributed by atoms with Crippen molar-refractivity contribution in [2.45, 2.75) is 71.1 Å². The van der Waals surface area contributed by atoms with Gasteiger partial charge in [-0.2, -0.15) is 8.42 Å². The van der Waals surface area contributed by atoms with Gasteiger partial charge in [-0.05, 0) is 6.42 Å². The SMILES string of the molecule is CCCCCCCCCCCCOS(C)(=O)=O.N. The fourth-order valence-corrected chi connectivity index (χ4v) is 2.22. The van der Waals surface area contributed by atoms with E-state index in [4.69, 9.17) is 0 Å². The molecular formula is C13H31NO3S. The van der Waals surface area contributed by atoms with E-state index in [9.17, 15) is 8.42 Å². The lowest BCUT2D eigenvalue weighted by atomic mass is 10.1. The lowest BCUT2D eigenvalue weighted by molar-refractivity contribution is 0.309. The molecule has 0 amide bonds. The minimum atomic E-state index is -3.23. The normalized spacial score (nSPS) is 11.2. The second kappa shape index (κ2) is 13.3. The molecule has 4 nitrogen and oxygen atoms in total. The molecule has 3 N–H and O–H groups in total. The van der Waals surface area contributed by atoms with Gasteiger partial charge in [0.05, 0.1) is 12.9 Å². The number of rotatable bonds is 12. The van der Waals surface area contributed by atoms with Crippen LogP contribution in [0.4, 0.5) is 0 Å². The van der Waals surface area contributed by atoms with Gasteiger partial charge in [0.25, 0.3) is 10.1 Å². The molecule has 0 aromatic heterocycles. The van der Waals surface area contributed by atoms with E-state index in [1.54, 1.807) is 0 Å². The van der Waals surface area contributed by atoms with Gasteiger partial charge in [0.15, 0.2) is 0 Å². The molecule has 0 radical (unpaired) electrons. The summed E-state index contributed by atoms with van der Waals surface area (Å²) in [4.78, 5) is 0. The molecule has 0 saturated carbocycles. The van der Waals surface area contributed by atoms with Crippen molar-refractivity contribution in [2.75, 3.05) is 12.9 Å². The third kappa shape index (κ3) is 18.2. The smallest absolute Gasteiger partial charge is 0.264 e. The molecule has 112 valence electrons. The molecule has 0 aromatic rings. The Bertz CT molecular complexity index is 253. The average molecular weight is 281 g/mol. The second-order valence-corrected chi connectivity index (χ2v) is 6.35. The van der Waals surface area contributed by atoms with Gasteiger partial charge in [-0.15, -0.1) is 0 Å². The van der Waals surface area contributed by atoms with E-state index in [-0.39, 0.29) is 6.15 Å². The molecule has 18 heavy (non-hydrogen) atoms. The Balaban J connectivity index is 0. The Morgan fingerprint density at radius 1 is 0.778 bits per heavy atom. The van der Waals surface area contributed by atoms with E-state index in [1.165, 1.54) is 51.4 Å². The summed E-state index contributed by atoms with van der Waals surface area (Å²) in [7, 11) is -3.23. The largest absolute Gasteiger partial charge is 0.344 e. The maximum atomic E-state index is 10.7. The highest BCUT2D eigenvalue weighted by molar-refractivity contribution is 7.85. The Morgan fingerprint density at radius 2 is 1.17 bits per heavy atom. The number of hydrogen-bond acceptors (Lipinski definition) is 4. The van der Waals surface area contributed by atoms with Crippen LogP contribution in [0.25, 0.3) is 0 Å².